The van der Waals surface area contributed by atoms with Gasteiger partial charge in [0.2, 0.25) is 0 Å². The average Bonchev–Trinajstić information content (AvgIpc) is 2.32. The number of nitrogens with zero attached hydrogens (tertiary/aromatic N) is 2. The largest absolute Gasteiger partial charge is 0.365 e. The number of anilines is 1. The summed E-state index contributed by atoms with van der Waals surface area (Å²) < 4.78 is 1.04. The molecule has 1 aromatic heterocycles. The van der Waals surface area contributed by atoms with Crippen LogP contribution in [0.4, 0.5) is 5.82 Å². The van der Waals surface area contributed by atoms with Gasteiger partial charge in [-0.05, 0) is 35.1 Å². The lowest BCUT2D eigenvalue weighted by atomic mass is 10.2. The number of hydrogen-bond acceptors (Lipinski definition) is 3. The summed E-state index contributed by atoms with van der Waals surface area (Å²) in [6, 6.07) is 10.3. The van der Waals surface area contributed by atoms with E-state index in [1.807, 2.05) is 31.3 Å². The highest BCUT2D eigenvalue weighted by molar-refractivity contribution is 14.1. The Labute approximate surface area is 108 Å². The first kappa shape index (κ1) is 11.3. The highest BCUT2D eigenvalue weighted by Gasteiger charge is 2.01. The lowest BCUT2D eigenvalue weighted by Crippen LogP contribution is -2.04. The topological polar surface area (TPSA) is 37.8 Å². The second-order valence-corrected chi connectivity index (χ2v) is 4.62. The monoisotopic (exact) mass is 325 g/mol. The van der Waals surface area contributed by atoms with Gasteiger partial charge in [0.25, 0.3) is 0 Å². The van der Waals surface area contributed by atoms with Gasteiger partial charge in [-0.15, -0.1) is 0 Å². The van der Waals surface area contributed by atoms with Crippen molar-refractivity contribution in [3.8, 4) is 0 Å². The fourth-order valence-corrected chi connectivity index (χ4v) is 1.81. The molecule has 0 amide bonds. The maximum Gasteiger partial charge on any atom is 0.143 e. The van der Waals surface area contributed by atoms with Crippen molar-refractivity contribution in [3.05, 3.63) is 51.5 Å². The summed E-state index contributed by atoms with van der Waals surface area (Å²) >= 11 is 2.23. The Bertz CT molecular complexity index is 471. The quantitative estimate of drug-likeness (QED) is 0.882. The second kappa shape index (κ2) is 5.25. The van der Waals surface area contributed by atoms with Crippen molar-refractivity contribution in [2.75, 3.05) is 5.32 Å². The summed E-state index contributed by atoms with van der Waals surface area (Å²) in [5, 5.41) is 3.31. The number of nitrogens with one attached hydrogen (secondary N) is 1. The van der Waals surface area contributed by atoms with E-state index in [1.165, 1.54) is 5.56 Å². The third-order valence-corrected chi connectivity index (χ3v) is 2.96. The summed E-state index contributed by atoms with van der Waals surface area (Å²) in [7, 11) is 0. The zero-order chi connectivity index (χ0) is 11.4. The number of halogens is 1. The van der Waals surface area contributed by atoms with Crippen LogP contribution < -0.4 is 5.32 Å². The van der Waals surface area contributed by atoms with Gasteiger partial charge in [0.15, 0.2) is 0 Å². The van der Waals surface area contributed by atoms with Crippen LogP contribution >= 0.6 is 22.6 Å². The lowest BCUT2D eigenvalue weighted by Gasteiger charge is -2.07. The van der Waals surface area contributed by atoms with Gasteiger partial charge in [0.05, 0.1) is 3.57 Å². The van der Waals surface area contributed by atoms with Crippen LogP contribution in [0.25, 0.3) is 0 Å². The Morgan fingerprint density at radius 3 is 2.75 bits per heavy atom. The van der Waals surface area contributed by atoms with Gasteiger partial charge in [-0.3, -0.25) is 0 Å². The summed E-state index contributed by atoms with van der Waals surface area (Å²) in [4.78, 5) is 8.49. The number of aromatic nitrogens is 2. The summed E-state index contributed by atoms with van der Waals surface area (Å²) in [6.45, 7) is 2.68. The van der Waals surface area contributed by atoms with Crippen LogP contribution in [0.15, 0.2) is 36.5 Å². The fourth-order valence-electron chi connectivity index (χ4n) is 1.36. The van der Waals surface area contributed by atoms with Crippen molar-refractivity contribution in [2.24, 2.45) is 0 Å². The fraction of sp³-hybridized carbons (Fsp3) is 0.167. The zero-order valence-electron chi connectivity index (χ0n) is 8.94. The van der Waals surface area contributed by atoms with E-state index >= 15 is 0 Å². The first-order chi connectivity index (χ1) is 7.75. The van der Waals surface area contributed by atoms with Gasteiger partial charge in [-0.25, -0.2) is 9.97 Å². The highest BCUT2D eigenvalue weighted by atomic mass is 127. The molecule has 0 bridgehead atoms. The van der Waals surface area contributed by atoms with Gasteiger partial charge < -0.3 is 5.32 Å². The molecule has 1 aromatic carbocycles. The van der Waals surface area contributed by atoms with E-state index < -0.39 is 0 Å². The Balaban J connectivity index is 2.08. The van der Waals surface area contributed by atoms with E-state index in [4.69, 9.17) is 0 Å². The number of hydrogen-bond donors (Lipinski definition) is 1. The van der Waals surface area contributed by atoms with Crippen LogP contribution in [0, 0.1) is 10.5 Å². The molecule has 0 aliphatic carbocycles. The number of rotatable bonds is 3. The Morgan fingerprint density at radius 1 is 1.25 bits per heavy atom. The van der Waals surface area contributed by atoms with Crippen LogP contribution in [0.5, 0.6) is 0 Å². The summed E-state index contributed by atoms with van der Waals surface area (Å²) in [5.41, 5.74) is 1.24. The van der Waals surface area contributed by atoms with Crippen molar-refractivity contribution in [1.29, 1.82) is 0 Å². The maximum absolute atomic E-state index is 4.36. The molecule has 0 spiro atoms. The molecule has 2 aromatic rings. The Morgan fingerprint density at radius 2 is 2.00 bits per heavy atom. The minimum absolute atomic E-state index is 0.785. The van der Waals surface area contributed by atoms with Crippen LogP contribution in [-0.2, 0) is 6.54 Å². The molecule has 0 aliphatic rings. The molecule has 0 atom stereocenters. The number of benzene rings is 1. The van der Waals surface area contributed by atoms with Gasteiger partial charge >= 0.3 is 0 Å². The normalized spacial score (nSPS) is 10.1. The molecule has 82 valence electrons. The molecule has 2 rings (SSSR count). The van der Waals surface area contributed by atoms with Crippen LogP contribution in [-0.4, -0.2) is 9.97 Å². The SMILES string of the molecule is Cc1ncc(I)c(NCc2ccccc2)n1. The molecule has 1 N–H and O–H groups in total. The Kier molecular flexibility index (Phi) is 3.71. The van der Waals surface area contributed by atoms with E-state index in [-0.39, 0.29) is 0 Å². The van der Waals surface area contributed by atoms with E-state index in [0.29, 0.717) is 0 Å². The first-order valence-corrected chi connectivity index (χ1v) is 6.10. The Hall–Kier alpha value is -1.17. The minimum Gasteiger partial charge on any atom is -0.365 e. The molecule has 0 aliphatic heterocycles. The molecule has 1 heterocycles. The third kappa shape index (κ3) is 2.91. The van der Waals surface area contributed by atoms with Gasteiger partial charge in [0, 0.05) is 12.7 Å². The van der Waals surface area contributed by atoms with Crippen molar-refractivity contribution in [3.63, 3.8) is 0 Å². The van der Waals surface area contributed by atoms with Crippen molar-refractivity contribution < 1.29 is 0 Å². The minimum atomic E-state index is 0.785. The summed E-state index contributed by atoms with van der Waals surface area (Å²) in [6.07, 6.45) is 1.83. The molecular formula is C12H12IN3. The second-order valence-electron chi connectivity index (χ2n) is 3.45. The van der Waals surface area contributed by atoms with Crippen molar-refractivity contribution in [2.45, 2.75) is 13.5 Å². The molecule has 0 radical (unpaired) electrons. The van der Waals surface area contributed by atoms with Gasteiger partial charge in [-0.1, -0.05) is 30.3 Å². The zero-order valence-corrected chi connectivity index (χ0v) is 11.1. The van der Waals surface area contributed by atoms with Crippen LogP contribution in [0.3, 0.4) is 0 Å². The maximum atomic E-state index is 4.36. The average molecular weight is 325 g/mol. The summed E-state index contributed by atoms with van der Waals surface area (Å²) in [5.74, 6) is 1.69. The smallest absolute Gasteiger partial charge is 0.143 e. The highest BCUT2D eigenvalue weighted by Crippen LogP contribution is 2.14. The lowest BCUT2D eigenvalue weighted by molar-refractivity contribution is 1.01. The molecule has 0 unspecified atom stereocenters. The van der Waals surface area contributed by atoms with Crippen molar-refractivity contribution >= 4 is 28.4 Å². The molecule has 16 heavy (non-hydrogen) atoms. The van der Waals surface area contributed by atoms with E-state index in [0.717, 1.165) is 21.8 Å². The van der Waals surface area contributed by atoms with Crippen molar-refractivity contribution in [1.82, 2.24) is 9.97 Å². The standard InChI is InChI=1S/C12H12IN3/c1-9-14-8-11(13)12(16-9)15-7-10-5-3-2-4-6-10/h2-6,8H,7H2,1H3,(H,14,15,16). The predicted molar refractivity (Wildman–Crippen MR) is 73.3 cm³/mol. The molecule has 3 nitrogen and oxygen atoms in total. The molecule has 0 saturated heterocycles. The molecule has 0 fully saturated rings. The number of aryl methyl sites for hydroxylation is 1. The van der Waals surface area contributed by atoms with E-state index in [1.54, 1.807) is 0 Å². The molecule has 0 saturated carbocycles. The van der Waals surface area contributed by atoms with Gasteiger partial charge in [0.1, 0.15) is 11.6 Å². The third-order valence-electron chi connectivity index (χ3n) is 2.17. The predicted octanol–water partition coefficient (Wildman–Crippen LogP) is 3.00. The molecule has 4 heteroatoms. The van der Waals surface area contributed by atoms with E-state index in [2.05, 4.69) is 50.0 Å². The first-order valence-electron chi connectivity index (χ1n) is 5.02. The van der Waals surface area contributed by atoms with Crippen LogP contribution in [0.1, 0.15) is 11.4 Å². The molecular weight excluding hydrogens is 313 g/mol. The van der Waals surface area contributed by atoms with E-state index in [9.17, 15) is 0 Å². The van der Waals surface area contributed by atoms with Gasteiger partial charge in [-0.2, -0.15) is 0 Å². The van der Waals surface area contributed by atoms with Crippen LogP contribution in [0.2, 0.25) is 0 Å².